The van der Waals surface area contributed by atoms with E-state index >= 15 is 0 Å². The standard InChI is InChI=1S/C26H23ClN4O4/c1-15(26(32)33)28-14-16-6-8-19-21(12-16)31(2)30-25(19)29-20-5-3-4-18(24(20)27)17-7-9-22-23(13-17)35-11-10-34-22/h3-9,12-15H,10-11H2,1-2H3,(H,29,30)(H,32,33). The number of anilines is 2. The second-order valence-electron chi connectivity index (χ2n) is 8.19. The van der Waals surface area contributed by atoms with E-state index in [1.807, 2.05) is 61.6 Å². The molecule has 0 aliphatic carbocycles. The average molecular weight is 491 g/mol. The molecule has 0 bridgehead atoms. The molecule has 4 aromatic rings. The summed E-state index contributed by atoms with van der Waals surface area (Å²) in [6.45, 7) is 2.59. The van der Waals surface area contributed by atoms with Crippen molar-refractivity contribution in [3.63, 3.8) is 0 Å². The fourth-order valence-corrected chi connectivity index (χ4v) is 4.18. The largest absolute Gasteiger partial charge is 0.486 e. The molecule has 35 heavy (non-hydrogen) atoms. The summed E-state index contributed by atoms with van der Waals surface area (Å²) in [5.41, 5.74) is 4.17. The van der Waals surface area contributed by atoms with E-state index in [2.05, 4.69) is 15.4 Å². The minimum absolute atomic E-state index is 0.519. The number of benzene rings is 3. The van der Waals surface area contributed by atoms with Crippen molar-refractivity contribution in [1.29, 1.82) is 0 Å². The van der Waals surface area contributed by atoms with Crippen LogP contribution in [0.2, 0.25) is 5.02 Å². The summed E-state index contributed by atoms with van der Waals surface area (Å²) in [4.78, 5) is 15.1. The number of carboxylic acid groups (broad SMARTS) is 1. The highest BCUT2D eigenvalue weighted by atomic mass is 35.5. The average Bonchev–Trinajstić information content (AvgIpc) is 3.17. The Morgan fingerprint density at radius 1 is 1.17 bits per heavy atom. The number of aliphatic carboxylic acids is 1. The van der Waals surface area contributed by atoms with Crippen LogP contribution in [0.1, 0.15) is 12.5 Å². The van der Waals surface area contributed by atoms with Gasteiger partial charge in [0.2, 0.25) is 0 Å². The van der Waals surface area contributed by atoms with E-state index in [-0.39, 0.29) is 0 Å². The third-order valence-electron chi connectivity index (χ3n) is 5.79. The highest BCUT2D eigenvalue weighted by molar-refractivity contribution is 6.36. The molecule has 0 amide bonds. The van der Waals surface area contributed by atoms with Gasteiger partial charge in [0.1, 0.15) is 19.3 Å². The van der Waals surface area contributed by atoms with Gasteiger partial charge in [-0.05, 0) is 48.4 Å². The number of hydrogen-bond acceptors (Lipinski definition) is 6. The van der Waals surface area contributed by atoms with Gasteiger partial charge in [-0.3, -0.25) is 9.67 Å². The molecule has 178 valence electrons. The SMILES string of the molecule is CC(N=Cc1ccc2c(Nc3cccc(-c4ccc5c(c4)OCCO5)c3Cl)nn(C)c2c1)C(=O)O. The third-order valence-corrected chi connectivity index (χ3v) is 6.19. The van der Waals surface area contributed by atoms with Crippen LogP contribution in [0.4, 0.5) is 11.5 Å². The molecule has 1 aliphatic rings. The smallest absolute Gasteiger partial charge is 0.328 e. The van der Waals surface area contributed by atoms with Crippen LogP contribution in [0.5, 0.6) is 11.5 Å². The van der Waals surface area contributed by atoms with Crippen LogP contribution in [0.3, 0.4) is 0 Å². The number of fused-ring (bicyclic) bond motifs is 2. The van der Waals surface area contributed by atoms with Crippen LogP contribution in [-0.4, -0.2) is 46.3 Å². The summed E-state index contributed by atoms with van der Waals surface area (Å²) in [7, 11) is 1.85. The quantitative estimate of drug-likeness (QED) is 0.356. The monoisotopic (exact) mass is 490 g/mol. The van der Waals surface area contributed by atoms with Gasteiger partial charge in [0.05, 0.1) is 16.2 Å². The third kappa shape index (κ3) is 4.52. The molecule has 0 fully saturated rings. The second kappa shape index (κ2) is 9.31. The van der Waals surface area contributed by atoms with E-state index in [9.17, 15) is 4.79 Å². The molecule has 0 saturated carbocycles. The lowest BCUT2D eigenvalue weighted by Gasteiger charge is -2.19. The van der Waals surface area contributed by atoms with E-state index in [0.29, 0.717) is 29.8 Å². The number of aliphatic imine (C=N–C) groups is 1. The highest BCUT2D eigenvalue weighted by Crippen LogP contribution is 2.40. The summed E-state index contributed by atoms with van der Waals surface area (Å²) >= 11 is 6.82. The molecule has 1 aromatic heterocycles. The molecule has 3 aromatic carbocycles. The molecule has 5 rings (SSSR count). The Balaban J connectivity index is 1.45. The van der Waals surface area contributed by atoms with E-state index in [0.717, 1.165) is 39.0 Å². The van der Waals surface area contributed by atoms with Crippen molar-refractivity contribution in [2.24, 2.45) is 12.0 Å². The van der Waals surface area contributed by atoms with E-state index in [1.54, 1.807) is 10.9 Å². The minimum atomic E-state index is -0.968. The predicted molar refractivity (Wildman–Crippen MR) is 137 cm³/mol. The Bertz CT molecular complexity index is 1460. The van der Waals surface area contributed by atoms with Crippen molar-refractivity contribution in [1.82, 2.24) is 9.78 Å². The Morgan fingerprint density at radius 2 is 1.97 bits per heavy atom. The van der Waals surface area contributed by atoms with Gasteiger partial charge in [-0.25, -0.2) is 4.79 Å². The topological polar surface area (TPSA) is 98.0 Å². The first-order chi connectivity index (χ1) is 16.9. The molecule has 2 heterocycles. The zero-order valence-corrected chi connectivity index (χ0v) is 19.9. The number of halogens is 1. The zero-order valence-electron chi connectivity index (χ0n) is 19.2. The molecule has 0 saturated heterocycles. The van der Waals surface area contributed by atoms with Crippen molar-refractivity contribution in [2.45, 2.75) is 13.0 Å². The minimum Gasteiger partial charge on any atom is -0.486 e. The van der Waals surface area contributed by atoms with Crippen molar-refractivity contribution in [3.8, 4) is 22.6 Å². The lowest BCUT2D eigenvalue weighted by molar-refractivity contribution is -0.137. The maximum atomic E-state index is 11.0. The van der Waals surface area contributed by atoms with Gasteiger partial charge in [-0.2, -0.15) is 5.10 Å². The lowest BCUT2D eigenvalue weighted by Crippen LogP contribution is -2.15. The van der Waals surface area contributed by atoms with E-state index in [4.69, 9.17) is 26.2 Å². The van der Waals surface area contributed by atoms with Gasteiger partial charge in [0.15, 0.2) is 17.3 Å². The van der Waals surface area contributed by atoms with Gasteiger partial charge < -0.3 is 19.9 Å². The molecule has 9 heteroatoms. The predicted octanol–water partition coefficient (Wildman–Crippen LogP) is 5.30. The maximum Gasteiger partial charge on any atom is 0.328 e. The summed E-state index contributed by atoms with van der Waals surface area (Å²) < 4.78 is 13.1. The van der Waals surface area contributed by atoms with E-state index in [1.165, 1.54) is 6.92 Å². The normalized spacial score (nSPS) is 13.8. The van der Waals surface area contributed by atoms with Crippen LogP contribution >= 0.6 is 11.6 Å². The first-order valence-electron chi connectivity index (χ1n) is 11.1. The number of ether oxygens (including phenoxy) is 2. The number of carboxylic acids is 1. The Kier molecular flexibility index (Phi) is 6.05. The van der Waals surface area contributed by atoms with Gasteiger partial charge >= 0.3 is 5.97 Å². The van der Waals surface area contributed by atoms with Crippen molar-refractivity contribution in [3.05, 3.63) is 65.2 Å². The Morgan fingerprint density at radius 3 is 2.77 bits per heavy atom. The molecule has 2 N–H and O–H groups in total. The number of nitrogens with one attached hydrogen (secondary N) is 1. The van der Waals surface area contributed by atoms with Crippen LogP contribution in [-0.2, 0) is 11.8 Å². The molecule has 8 nitrogen and oxygen atoms in total. The molecular formula is C26H23ClN4O4. The number of nitrogens with zero attached hydrogens (tertiary/aromatic N) is 3. The molecule has 0 spiro atoms. The summed E-state index contributed by atoms with van der Waals surface area (Å²) in [6, 6.07) is 16.5. The molecule has 0 radical (unpaired) electrons. The van der Waals surface area contributed by atoms with Crippen LogP contribution in [0.25, 0.3) is 22.0 Å². The number of rotatable bonds is 6. The van der Waals surface area contributed by atoms with Gasteiger partial charge in [0, 0.05) is 24.2 Å². The first-order valence-corrected chi connectivity index (χ1v) is 11.5. The lowest BCUT2D eigenvalue weighted by atomic mass is 10.0. The fraction of sp³-hybridized carbons (Fsp3) is 0.192. The number of carbonyl (C=O) groups is 1. The molecular weight excluding hydrogens is 468 g/mol. The first kappa shape index (κ1) is 22.7. The van der Waals surface area contributed by atoms with Crippen LogP contribution in [0.15, 0.2) is 59.6 Å². The second-order valence-corrected chi connectivity index (χ2v) is 8.57. The molecule has 1 unspecified atom stereocenters. The molecule has 1 aliphatic heterocycles. The van der Waals surface area contributed by atoms with Gasteiger partial charge in [0.25, 0.3) is 0 Å². The van der Waals surface area contributed by atoms with Gasteiger partial charge in [-0.15, -0.1) is 0 Å². The summed E-state index contributed by atoms with van der Waals surface area (Å²) in [6.07, 6.45) is 1.56. The highest BCUT2D eigenvalue weighted by Gasteiger charge is 2.16. The van der Waals surface area contributed by atoms with Crippen molar-refractivity contribution in [2.75, 3.05) is 18.5 Å². The maximum absolute atomic E-state index is 11.0. The zero-order chi connectivity index (χ0) is 24.5. The van der Waals surface area contributed by atoms with E-state index < -0.39 is 12.0 Å². The van der Waals surface area contributed by atoms with Crippen LogP contribution in [0, 0.1) is 0 Å². The summed E-state index contributed by atoms with van der Waals surface area (Å²) in [5, 5.41) is 18.5. The Labute approximate surface area is 206 Å². The van der Waals surface area contributed by atoms with Crippen molar-refractivity contribution < 1.29 is 19.4 Å². The number of hydrogen-bond donors (Lipinski definition) is 2. The Hall–Kier alpha value is -4.04. The molecule has 1 atom stereocenters. The number of aromatic nitrogens is 2. The fourth-order valence-electron chi connectivity index (χ4n) is 3.90. The summed E-state index contributed by atoms with van der Waals surface area (Å²) in [5.74, 6) is 1.12. The number of aryl methyl sites for hydroxylation is 1. The van der Waals surface area contributed by atoms with Crippen LogP contribution < -0.4 is 14.8 Å². The van der Waals surface area contributed by atoms with Crippen molar-refractivity contribution >= 4 is 46.2 Å². The van der Waals surface area contributed by atoms with Gasteiger partial charge in [-0.1, -0.05) is 35.9 Å².